The van der Waals surface area contributed by atoms with Crippen molar-refractivity contribution in [3.63, 3.8) is 0 Å². The number of carboxylic acids is 1. The largest absolute Gasteiger partial charge is 0.480 e. The second-order valence-corrected chi connectivity index (χ2v) is 5.30. The van der Waals surface area contributed by atoms with Crippen LogP contribution >= 0.6 is 23.4 Å². The number of carboxylic acid groups (broad SMARTS) is 1. The Hall–Kier alpha value is -0.710. The van der Waals surface area contributed by atoms with E-state index in [1.54, 1.807) is 11.8 Å². The van der Waals surface area contributed by atoms with Crippen molar-refractivity contribution in [2.45, 2.75) is 17.8 Å². The Morgan fingerprint density at radius 1 is 1.44 bits per heavy atom. The number of hydrogen-bond acceptors (Lipinski definition) is 3. The van der Waals surface area contributed by atoms with Crippen molar-refractivity contribution in [2.75, 3.05) is 5.75 Å². The number of nitrogens with one attached hydrogen (secondary N) is 1. The zero-order valence-corrected chi connectivity index (χ0v) is 10.1. The molecule has 0 aliphatic carbocycles. The normalized spacial score (nSPS) is 25.3. The van der Waals surface area contributed by atoms with Crippen molar-refractivity contribution in [3.8, 4) is 0 Å². The summed E-state index contributed by atoms with van der Waals surface area (Å²) in [6.07, 6.45) is 0.671. The maximum atomic E-state index is 10.9. The van der Waals surface area contributed by atoms with Crippen molar-refractivity contribution in [1.82, 2.24) is 5.32 Å². The van der Waals surface area contributed by atoms with Crippen molar-refractivity contribution < 1.29 is 9.90 Å². The highest BCUT2D eigenvalue weighted by Gasteiger charge is 2.27. The summed E-state index contributed by atoms with van der Waals surface area (Å²) >= 11 is 7.53. The number of halogens is 1. The average molecular weight is 258 g/mol. The third kappa shape index (κ3) is 2.70. The van der Waals surface area contributed by atoms with Crippen LogP contribution in [0, 0.1) is 0 Å². The third-order valence-electron chi connectivity index (χ3n) is 2.51. The lowest BCUT2D eigenvalue weighted by molar-refractivity contribution is -0.139. The van der Waals surface area contributed by atoms with E-state index in [0.29, 0.717) is 11.4 Å². The van der Waals surface area contributed by atoms with Gasteiger partial charge in [-0.3, -0.25) is 10.1 Å². The molecular weight excluding hydrogens is 246 g/mol. The number of rotatable bonds is 2. The summed E-state index contributed by atoms with van der Waals surface area (Å²) < 4.78 is 0. The molecule has 0 aromatic heterocycles. The van der Waals surface area contributed by atoms with Crippen LogP contribution in [0.1, 0.15) is 17.4 Å². The van der Waals surface area contributed by atoms with Crippen LogP contribution in [0.15, 0.2) is 24.3 Å². The van der Waals surface area contributed by atoms with E-state index in [2.05, 4.69) is 5.32 Å². The lowest BCUT2D eigenvalue weighted by Gasteiger charge is -2.28. The van der Waals surface area contributed by atoms with Gasteiger partial charge in [0.25, 0.3) is 0 Å². The molecule has 86 valence electrons. The molecule has 1 heterocycles. The molecule has 1 saturated heterocycles. The molecule has 5 heteroatoms. The molecule has 0 amide bonds. The van der Waals surface area contributed by atoms with Crippen molar-refractivity contribution in [2.24, 2.45) is 0 Å². The molecule has 3 nitrogen and oxygen atoms in total. The highest BCUT2D eigenvalue weighted by molar-refractivity contribution is 7.99. The zero-order valence-electron chi connectivity index (χ0n) is 8.52. The first kappa shape index (κ1) is 11.8. The van der Waals surface area contributed by atoms with Crippen LogP contribution in [-0.4, -0.2) is 22.9 Å². The van der Waals surface area contributed by atoms with Gasteiger partial charge in [0.15, 0.2) is 0 Å². The van der Waals surface area contributed by atoms with Gasteiger partial charge in [0.05, 0.1) is 5.37 Å². The maximum Gasteiger partial charge on any atom is 0.320 e. The Balaban J connectivity index is 2.09. The van der Waals surface area contributed by atoms with E-state index in [0.717, 1.165) is 11.3 Å². The predicted molar refractivity (Wildman–Crippen MR) is 65.8 cm³/mol. The zero-order chi connectivity index (χ0) is 11.5. The fourth-order valence-electron chi connectivity index (χ4n) is 1.64. The van der Waals surface area contributed by atoms with Gasteiger partial charge in [0.2, 0.25) is 0 Å². The monoisotopic (exact) mass is 257 g/mol. The van der Waals surface area contributed by atoms with Crippen LogP contribution in [0.25, 0.3) is 0 Å². The lowest BCUT2D eigenvalue weighted by atomic mass is 10.1. The Morgan fingerprint density at radius 2 is 2.12 bits per heavy atom. The van der Waals surface area contributed by atoms with Crippen LogP contribution in [-0.2, 0) is 4.79 Å². The van der Waals surface area contributed by atoms with Gasteiger partial charge >= 0.3 is 5.97 Å². The van der Waals surface area contributed by atoms with Gasteiger partial charge < -0.3 is 5.11 Å². The Bertz CT molecular complexity index is 382. The van der Waals surface area contributed by atoms with E-state index in [4.69, 9.17) is 16.7 Å². The summed E-state index contributed by atoms with van der Waals surface area (Å²) in [4.78, 5) is 10.9. The lowest BCUT2D eigenvalue weighted by Crippen LogP contribution is -2.41. The van der Waals surface area contributed by atoms with E-state index in [9.17, 15) is 4.79 Å². The first-order valence-corrected chi connectivity index (χ1v) is 6.45. The van der Waals surface area contributed by atoms with E-state index in [-0.39, 0.29) is 5.37 Å². The van der Waals surface area contributed by atoms with Crippen molar-refractivity contribution >= 4 is 29.3 Å². The molecule has 1 fully saturated rings. The van der Waals surface area contributed by atoms with Gasteiger partial charge in [-0.05, 0) is 29.9 Å². The quantitative estimate of drug-likeness (QED) is 0.855. The number of benzene rings is 1. The molecular formula is C11H12ClNO2S. The van der Waals surface area contributed by atoms with Crippen LogP contribution in [0.2, 0.25) is 5.02 Å². The number of carbonyl (C=O) groups is 1. The summed E-state index contributed by atoms with van der Waals surface area (Å²) in [6.45, 7) is 0. The summed E-state index contributed by atoms with van der Waals surface area (Å²) in [5, 5.41) is 12.8. The number of hydrogen-bond donors (Lipinski definition) is 2. The SMILES string of the molecule is O=C(O)C1CCSC(c2ccc(Cl)cc2)N1. The van der Waals surface area contributed by atoms with Gasteiger partial charge in [-0.15, -0.1) is 11.8 Å². The van der Waals surface area contributed by atoms with E-state index >= 15 is 0 Å². The second-order valence-electron chi connectivity index (χ2n) is 3.65. The highest BCUT2D eigenvalue weighted by Crippen LogP contribution is 2.32. The van der Waals surface area contributed by atoms with E-state index in [1.165, 1.54) is 0 Å². The summed E-state index contributed by atoms with van der Waals surface area (Å²) in [5.74, 6) is 0.0799. The second kappa shape index (κ2) is 5.08. The average Bonchev–Trinajstić information content (AvgIpc) is 2.30. The number of aliphatic carboxylic acids is 1. The molecule has 0 radical (unpaired) electrons. The van der Waals surface area contributed by atoms with Crippen molar-refractivity contribution in [1.29, 1.82) is 0 Å². The first-order chi connectivity index (χ1) is 7.66. The number of thioether (sulfide) groups is 1. The molecule has 0 saturated carbocycles. The first-order valence-electron chi connectivity index (χ1n) is 5.03. The Morgan fingerprint density at radius 3 is 2.75 bits per heavy atom. The molecule has 1 aromatic rings. The van der Waals surface area contributed by atoms with Crippen LogP contribution < -0.4 is 5.32 Å². The van der Waals surface area contributed by atoms with Gasteiger partial charge in [0, 0.05) is 5.02 Å². The minimum absolute atomic E-state index is 0.0483. The molecule has 0 spiro atoms. The topological polar surface area (TPSA) is 49.3 Å². The van der Waals surface area contributed by atoms with Crippen LogP contribution in [0.3, 0.4) is 0 Å². The molecule has 2 rings (SSSR count). The summed E-state index contributed by atoms with van der Waals surface area (Å²) in [5.41, 5.74) is 1.07. The third-order valence-corrected chi connectivity index (χ3v) is 3.98. The molecule has 2 unspecified atom stereocenters. The van der Waals surface area contributed by atoms with Crippen LogP contribution in [0.5, 0.6) is 0 Å². The fraction of sp³-hybridized carbons (Fsp3) is 0.364. The maximum absolute atomic E-state index is 10.9. The van der Waals surface area contributed by atoms with Gasteiger partial charge in [-0.2, -0.15) is 0 Å². The van der Waals surface area contributed by atoms with E-state index < -0.39 is 12.0 Å². The van der Waals surface area contributed by atoms with Crippen molar-refractivity contribution in [3.05, 3.63) is 34.9 Å². The molecule has 16 heavy (non-hydrogen) atoms. The predicted octanol–water partition coefficient (Wildman–Crippen LogP) is 2.52. The summed E-state index contributed by atoms with van der Waals surface area (Å²) in [7, 11) is 0. The molecule has 0 bridgehead atoms. The Kier molecular flexibility index (Phi) is 3.74. The van der Waals surface area contributed by atoms with Gasteiger partial charge in [-0.1, -0.05) is 23.7 Å². The molecule has 1 aliphatic rings. The molecule has 2 atom stereocenters. The van der Waals surface area contributed by atoms with Gasteiger partial charge in [0.1, 0.15) is 6.04 Å². The minimum atomic E-state index is -0.778. The smallest absolute Gasteiger partial charge is 0.320 e. The highest BCUT2D eigenvalue weighted by atomic mass is 35.5. The molecule has 1 aromatic carbocycles. The standard InChI is InChI=1S/C11H12ClNO2S/c12-8-3-1-7(2-4-8)10-13-9(11(14)15)5-6-16-10/h1-4,9-10,13H,5-6H2,(H,14,15). The minimum Gasteiger partial charge on any atom is -0.480 e. The van der Waals surface area contributed by atoms with Gasteiger partial charge in [-0.25, -0.2) is 0 Å². The summed E-state index contributed by atoms with van der Waals surface area (Å²) in [6, 6.07) is 7.06. The molecule has 1 aliphatic heterocycles. The fourth-order valence-corrected chi connectivity index (χ4v) is 2.99. The van der Waals surface area contributed by atoms with E-state index in [1.807, 2.05) is 24.3 Å². The molecule has 2 N–H and O–H groups in total. The Labute approximate surface area is 103 Å². The van der Waals surface area contributed by atoms with Crippen LogP contribution in [0.4, 0.5) is 0 Å².